The van der Waals surface area contributed by atoms with Gasteiger partial charge in [-0.2, -0.15) is 0 Å². The molecule has 2 N–H and O–H groups in total. The van der Waals surface area contributed by atoms with Crippen molar-refractivity contribution in [1.82, 2.24) is 0 Å². The average Bonchev–Trinajstić information content (AvgIpc) is 2.28. The molecule has 0 amide bonds. The van der Waals surface area contributed by atoms with Crippen molar-refractivity contribution in [2.24, 2.45) is 23.5 Å². The van der Waals surface area contributed by atoms with E-state index < -0.39 is 0 Å². The van der Waals surface area contributed by atoms with E-state index >= 15 is 0 Å². The van der Waals surface area contributed by atoms with Gasteiger partial charge in [0.15, 0.2) is 0 Å². The molecule has 0 spiro atoms. The molecule has 1 rings (SSSR count). The Hall–Kier alpha value is -0.0400. The Balaban J connectivity index is 2.47. The molecule has 0 aliphatic heterocycles. The van der Waals surface area contributed by atoms with Gasteiger partial charge in [-0.25, -0.2) is 0 Å². The Morgan fingerprint density at radius 2 is 1.75 bits per heavy atom. The number of hydrogen-bond donors (Lipinski definition) is 1. The van der Waals surface area contributed by atoms with E-state index in [2.05, 4.69) is 20.8 Å². The van der Waals surface area contributed by atoms with Gasteiger partial charge in [0, 0.05) is 6.04 Å². The zero-order valence-corrected chi connectivity index (χ0v) is 11.5. The summed E-state index contributed by atoms with van der Waals surface area (Å²) in [5, 5.41) is 0. The van der Waals surface area contributed by atoms with Crippen LogP contribution in [0.5, 0.6) is 0 Å². The van der Waals surface area contributed by atoms with Crippen LogP contribution in [-0.4, -0.2) is 6.04 Å². The molecule has 96 valence electrons. The number of rotatable bonds is 6. The fraction of sp³-hybridized carbons (Fsp3) is 1.00. The maximum absolute atomic E-state index is 6.53. The van der Waals surface area contributed by atoms with Crippen LogP contribution in [-0.2, 0) is 0 Å². The lowest BCUT2D eigenvalue weighted by atomic mass is 9.73. The van der Waals surface area contributed by atoms with E-state index in [4.69, 9.17) is 5.73 Å². The van der Waals surface area contributed by atoms with Gasteiger partial charge in [0.2, 0.25) is 0 Å². The van der Waals surface area contributed by atoms with Crippen molar-refractivity contribution >= 4 is 0 Å². The zero-order valence-electron chi connectivity index (χ0n) is 11.5. The van der Waals surface area contributed by atoms with Crippen molar-refractivity contribution in [3.63, 3.8) is 0 Å². The third-order valence-corrected chi connectivity index (χ3v) is 4.38. The van der Waals surface area contributed by atoms with E-state index in [1.165, 1.54) is 51.4 Å². The maximum atomic E-state index is 6.53. The normalized spacial score (nSPS) is 28.3. The van der Waals surface area contributed by atoms with Crippen molar-refractivity contribution in [3.8, 4) is 0 Å². The molecule has 0 bridgehead atoms. The van der Waals surface area contributed by atoms with Gasteiger partial charge in [-0.3, -0.25) is 0 Å². The molecular formula is C15H31N. The second kappa shape index (κ2) is 7.32. The lowest BCUT2D eigenvalue weighted by Gasteiger charge is -2.35. The summed E-state index contributed by atoms with van der Waals surface area (Å²) < 4.78 is 0. The Bertz CT molecular complexity index is 168. The van der Waals surface area contributed by atoms with Crippen LogP contribution in [0.2, 0.25) is 0 Å². The fourth-order valence-corrected chi connectivity index (χ4v) is 3.49. The van der Waals surface area contributed by atoms with Crippen molar-refractivity contribution in [2.45, 2.75) is 78.2 Å². The van der Waals surface area contributed by atoms with E-state index in [1.807, 2.05) is 0 Å². The molecule has 0 saturated heterocycles. The Morgan fingerprint density at radius 3 is 2.25 bits per heavy atom. The zero-order chi connectivity index (χ0) is 12.0. The minimum atomic E-state index is 0.475. The number of nitrogens with two attached hydrogens (primary N) is 1. The first-order valence-electron chi connectivity index (χ1n) is 7.44. The van der Waals surface area contributed by atoms with Gasteiger partial charge < -0.3 is 5.73 Å². The van der Waals surface area contributed by atoms with Crippen LogP contribution in [0.4, 0.5) is 0 Å². The Morgan fingerprint density at radius 1 is 1.12 bits per heavy atom. The second-order valence-electron chi connectivity index (χ2n) is 5.95. The highest BCUT2D eigenvalue weighted by molar-refractivity contribution is 4.83. The monoisotopic (exact) mass is 225 g/mol. The van der Waals surface area contributed by atoms with Crippen molar-refractivity contribution in [2.75, 3.05) is 0 Å². The molecule has 0 radical (unpaired) electrons. The maximum Gasteiger partial charge on any atom is 0.00957 e. The van der Waals surface area contributed by atoms with Gasteiger partial charge >= 0.3 is 0 Å². The summed E-state index contributed by atoms with van der Waals surface area (Å²) in [5.41, 5.74) is 6.53. The van der Waals surface area contributed by atoms with Crippen LogP contribution in [0.15, 0.2) is 0 Å². The molecule has 1 aliphatic rings. The molecule has 0 heterocycles. The Labute approximate surface area is 102 Å². The van der Waals surface area contributed by atoms with Gasteiger partial charge in [-0.05, 0) is 43.4 Å². The SMILES string of the molecule is CCCC(CCC)C(N)C1CCCC(C)C1. The molecule has 16 heavy (non-hydrogen) atoms. The molecule has 3 unspecified atom stereocenters. The van der Waals surface area contributed by atoms with Gasteiger partial charge in [-0.1, -0.05) is 46.5 Å². The van der Waals surface area contributed by atoms with E-state index in [9.17, 15) is 0 Å². The van der Waals surface area contributed by atoms with Gasteiger partial charge in [0.05, 0.1) is 0 Å². The van der Waals surface area contributed by atoms with Crippen LogP contribution >= 0.6 is 0 Å². The molecule has 0 aromatic heterocycles. The van der Waals surface area contributed by atoms with Crippen molar-refractivity contribution < 1.29 is 0 Å². The Kier molecular flexibility index (Phi) is 6.41. The highest BCUT2D eigenvalue weighted by Crippen LogP contribution is 2.34. The standard InChI is InChI=1S/C15H31N/c1-4-7-13(8-5-2)15(16)14-10-6-9-12(3)11-14/h12-15H,4-11,16H2,1-3H3. The summed E-state index contributed by atoms with van der Waals surface area (Å²) >= 11 is 0. The molecule has 1 saturated carbocycles. The third kappa shape index (κ3) is 4.08. The molecule has 3 atom stereocenters. The predicted molar refractivity (Wildman–Crippen MR) is 72.4 cm³/mol. The minimum absolute atomic E-state index is 0.475. The number of hydrogen-bond acceptors (Lipinski definition) is 1. The third-order valence-electron chi connectivity index (χ3n) is 4.38. The first kappa shape index (κ1) is 14.0. The first-order valence-corrected chi connectivity index (χ1v) is 7.44. The lowest BCUT2D eigenvalue weighted by Crippen LogP contribution is -2.39. The minimum Gasteiger partial charge on any atom is -0.327 e. The second-order valence-corrected chi connectivity index (χ2v) is 5.95. The van der Waals surface area contributed by atoms with E-state index in [-0.39, 0.29) is 0 Å². The van der Waals surface area contributed by atoms with Crippen LogP contribution < -0.4 is 5.73 Å². The highest BCUT2D eigenvalue weighted by atomic mass is 14.7. The predicted octanol–water partition coefficient (Wildman–Crippen LogP) is 4.36. The van der Waals surface area contributed by atoms with Crippen molar-refractivity contribution in [1.29, 1.82) is 0 Å². The van der Waals surface area contributed by atoms with Crippen LogP contribution in [0, 0.1) is 17.8 Å². The molecular weight excluding hydrogens is 194 g/mol. The van der Waals surface area contributed by atoms with Crippen LogP contribution in [0.3, 0.4) is 0 Å². The van der Waals surface area contributed by atoms with Crippen LogP contribution in [0.25, 0.3) is 0 Å². The van der Waals surface area contributed by atoms with Gasteiger partial charge in [0.25, 0.3) is 0 Å². The first-order chi connectivity index (χ1) is 7.69. The summed E-state index contributed by atoms with van der Waals surface area (Å²) in [7, 11) is 0. The molecule has 1 fully saturated rings. The molecule has 0 aromatic rings. The molecule has 1 heteroatoms. The lowest BCUT2D eigenvalue weighted by molar-refractivity contribution is 0.192. The largest absolute Gasteiger partial charge is 0.327 e. The van der Waals surface area contributed by atoms with Gasteiger partial charge in [0.1, 0.15) is 0 Å². The fourth-order valence-electron chi connectivity index (χ4n) is 3.49. The summed E-state index contributed by atoms with van der Waals surface area (Å²) in [4.78, 5) is 0. The average molecular weight is 225 g/mol. The highest BCUT2D eigenvalue weighted by Gasteiger charge is 2.28. The molecule has 1 aliphatic carbocycles. The molecule has 1 nitrogen and oxygen atoms in total. The summed E-state index contributed by atoms with van der Waals surface area (Å²) in [5.74, 6) is 2.51. The van der Waals surface area contributed by atoms with E-state index in [1.54, 1.807) is 0 Å². The topological polar surface area (TPSA) is 26.0 Å². The van der Waals surface area contributed by atoms with E-state index in [0.717, 1.165) is 17.8 Å². The molecule has 0 aromatic carbocycles. The smallest absolute Gasteiger partial charge is 0.00957 e. The quantitative estimate of drug-likeness (QED) is 0.714. The summed E-state index contributed by atoms with van der Waals surface area (Å²) in [6, 6.07) is 0.475. The van der Waals surface area contributed by atoms with Gasteiger partial charge in [-0.15, -0.1) is 0 Å². The summed E-state index contributed by atoms with van der Waals surface area (Å²) in [6.07, 6.45) is 10.8. The van der Waals surface area contributed by atoms with Crippen LogP contribution in [0.1, 0.15) is 72.1 Å². The van der Waals surface area contributed by atoms with Crippen molar-refractivity contribution in [3.05, 3.63) is 0 Å². The van der Waals surface area contributed by atoms with E-state index in [0.29, 0.717) is 6.04 Å². The summed E-state index contributed by atoms with van der Waals surface area (Å²) in [6.45, 7) is 6.98.